The predicted molar refractivity (Wildman–Crippen MR) is 110 cm³/mol. The molecular weight excluding hydrogens is 377 g/mol. The van der Waals surface area contributed by atoms with Crippen LogP contribution in [0.25, 0.3) is 22.5 Å². The highest BCUT2D eigenvalue weighted by Gasteiger charge is 2.18. The fraction of sp³-hybridized carbons (Fsp3) is 0.304. The minimum absolute atomic E-state index is 0.264. The molecule has 0 spiro atoms. The molecule has 1 saturated heterocycles. The Morgan fingerprint density at radius 1 is 1.00 bits per heavy atom. The lowest BCUT2D eigenvalue weighted by molar-refractivity contribution is 0.180. The first kappa shape index (κ1) is 19.0. The van der Waals surface area contributed by atoms with Gasteiger partial charge in [-0.25, -0.2) is 4.39 Å². The van der Waals surface area contributed by atoms with E-state index in [1.807, 2.05) is 30.3 Å². The van der Waals surface area contributed by atoms with E-state index in [2.05, 4.69) is 4.90 Å². The molecule has 0 amide bonds. The van der Waals surface area contributed by atoms with Crippen LogP contribution < -0.4 is 4.74 Å². The van der Waals surface area contributed by atoms with Crippen LogP contribution in [0.5, 0.6) is 5.75 Å². The zero-order chi connectivity index (χ0) is 19.3. The largest absolute Gasteiger partial charge is 0.489 e. The number of halogens is 2. The molecule has 1 fully saturated rings. The molecule has 0 saturated carbocycles. The van der Waals surface area contributed by atoms with Crippen LogP contribution in [0.15, 0.2) is 59.2 Å². The average Bonchev–Trinajstić information content (AvgIpc) is 3.12. The third kappa shape index (κ3) is 4.23. The van der Waals surface area contributed by atoms with E-state index in [0.717, 1.165) is 30.8 Å². The van der Waals surface area contributed by atoms with Gasteiger partial charge in [-0.1, -0.05) is 48.4 Å². The normalized spacial score (nSPS) is 14.9. The predicted octanol–water partition coefficient (Wildman–Crippen LogP) is 6.27. The Bertz CT molecular complexity index is 920. The van der Waals surface area contributed by atoms with Gasteiger partial charge < -0.3 is 9.15 Å². The number of hydrogen-bond acceptors (Lipinski definition) is 3. The van der Waals surface area contributed by atoms with Gasteiger partial charge in [-0.2, -0.15) is 0 Å². The summed E-state index contributed by atoms with van der Waals surface area (Å²) < 4.78 is 26.0. The fourth-order valence-corrected chi connectivity index (χ4v) is 3.89. The fourth-order valence-electron chi connectivity index (χ4n) is 3.65. The van der Waals surface area contributed by atoms with Crippen LogP contribution >= 0.6 is 11.6 Å². The number of rotatable bonds is 6. The van der Waals surface area contributed by atoms with Crippen molar-refractivity contribution in [2.75, 3.05) is 26.2 Å². The molecule has 0 radical (unpaired) electrons. The van der Waals surface area contributed by atoms with Crippen molar-refractivity contribution in [1.82, 2.24) is 4.90 Å². The lowest BCUT2D eigenvalue weighted by Gasteiger charge is -2.26. The third-order valence-electron chi connectivity index (χ3n) is 5.12. The monoisotopic (exact) mass is 399 g/mol. The average molecular weight is 400 g/mol. The van der Waals surface area contributed by atoms with Crippen molar-refractivity contribution >= 4 is 11.6 Å². The first-order chi connectivity index (χ1) is 13.7. The van der Waals surface area contributed by atoms with Crippen molar-refractivity contribution in [3.05, 3.63) is 65.6 Å². The van der Waals surface area contributed by atoms with E-state index >= 15 is 0 Å². The summed E-state index contributed by atoms with van der Waals surface area (Å²) in [7, 11) is 0. The number of hydrogen-bond donors (Lipinski definition) is 0. The van der Waals surface area contributed by atoms with Crippen molar-refractivity contribution in [2.24, 2.45) is 0 Å². The molecule has 2 aromatic carbocycles. The summed E-state index contributed by atoms with van der Waals surface area (Å²) in [6.07, 6.45) is 5.26. The zero-order valence-corrected chi connectivity index (χ0v) is 16.4. The van der Waals surface area contributed by atoms with Gasteiger partial charge in [-0.3, -0.25) is 4.90 Å². The van der Waals surface area contributed by atoms with Crippen molar-refractivity contribution in [2.45, 2.75) is 19.3 Å². The SMILES string of the molecule is Fc1cc(-c2occ(Cl)c2-c2ccccc2)ccc1OCCN1CCCCC1. The van der Waals surface area contributed by atoms with Crippen LogP contribution in [0.1, 0.15) is 19.3 Å². The summed E-state index contributed by atoms with van der Waals surface area (Å²) >= 11 is 6.33. The van der Waals surface area contributed by atoms with Crippen LogP contribution in [-0.4, -0.2) is 31.1 Å². The molecule has 5 heteroatoms. The summed E-state index contributed by atoms with van der Waals surface area (Å²) in [5.74, 6) is 0.414. The number of benzene rings is 2. The van der Waals surface area contributed by atoms with E-state index in [-0.39, 0.29) is 5.75 Å². The molecule has 4 rings (SSSR count). The van der Waals surface area contributed by atoms with E-state index in [1.165, 1.54) is 31.6 Å². The molecule has 3 aromatic rings. The first-order valence-corrected chi connectivity index (χ1v) is 10.1. The maximum absolute atomic E-state index is 14.6. The quantitative estimate of drug-likeness (QED) is 0.488. The second-order valence-corrected chi connectivity index (χ2v) is 7.46. The van der Waals surface area contributed by atoms with Crippen molar-refractivity contribution in [1.29, 1.82) is 0 Å². The number of ether oxygens (including phenoxy) is 1. The van der Waals surface area contributed by atoms with Crippen molar-refractivity contribution < 1.29 is 13.5 Å². The third-order valence-corrected chi connectivity index (χ3v) is 5.39. The van der Waals surface area contributed by atoms with E-state index in [4.69, 9.17) is 20.8 Å². The molecule has 1 aliphatic rings. The van der Waals surface area contributed by atoms with Gasteiger partial charge in [0.25, 0.3) is 0 Å². The maximum atomic E-state index is 14.6. The van der Waals surface area contributed by atoms with E-state index in [9.17, 15) is 4.39 Å². The Labute approximate surface area is 169 Å². The zero-order valence-electron chi connectivity index (χ0n) is 15.7. The van der Waals surface area contributed by atoms with E-state index in [1.54, 1.807) is 12.1 Å². The van der Waals surface area contributed by atoms with E-state index < -0.39 is 5.82 Å². The number of piperidine rings is 1. The van der Waals surface area contributed by atoms with Gasteiger partial charge >= 0.3 is 0 Å². The van der Waals surface area contributed by atoms with Gasteiger partial charge in [0.15, 0.2) is 11.6 Å². The van der Waals surface area contributed by atoms with Crippen LogP contribution in [0.2, 0.25) is 5.02 Å². The smallest absolute Gasteiger partial charge is 0.165 e. The minimum atomic E-state index is -0.400. The van der Waals surface area contributed by atoms with Gasteiger partial charge in [0.2, 0.25) is 0 Å². The molecule has 3 nitrogen and oxygen atoms in total. The molecule has 0 bridgehead atoms. The molecule has 0 N–H and O–H groups in total. The van der Waals surface area contributed by atoms with Gasteiger partial charge in [0.1, 0.15) is 18.6 Å². The molecule has 0 aliphatic carbocycles. The summed E-state index contributed by atoms with van der Waals surface area (Å²) in [4.78, 5) is 2.37. The van der Waals surface area contributed by atoms with Gasteiger partial charge in [-0.15, -0.1) is 0 Å². The molecule has 146 valence electrons. The Morgan fingerprint density at radius 3 is 2.54 bits per heavy atom. The summed E-state index contributed by atoms with van der Waals surface area (Å²) in [5, 5.41) is 0.503. The topological polar surface area (TPSA) is 25.6 Å². The van der Waals surface area contributed by atoms with Crippen LogP contribution in [0, 0.1) is 5.82 Å². The Balaban J connectivity index is 1.49. The second-order valence-electron chi connectivity index (χ2n) is 7.05. The highest BCUT2D eigenvalue weighted by Crippen LogP contribution is 2.40. The van der Waals surface area contributed by atoms with Crippen LogP contribution in [0.4, 0.5) is 4.39 Å². The first-order valence-electron chi connectivity index (χ1n) is 9.70. The van der Waals surface area contributed by atoms with Crippen LogP contribution in [0.3, 0.4) is 0 Å². The van der Waals surface area contributed by atoms with Crippen molar-refractivity contribution in [3.63, 3.8) is 0 Å². The molecule has 0 atom stereocenters. The molecule has 2 heterocycles. The Morgan fingerprint density at radius 2 is 1.79 bits per heavy atom. The molecule has 1 aromatic heterocycles. The summed E-state index contributed by atoms with van der Waals surface area (Å²) in [6, 6.07) is 14.6. The molecule has 0 unspecified atom stereocenters. The molecular formula is C23H23ClFNO2. The molecule has 1 aliphatic heterocycles. The minimum Gasteiger partial charge on any atom is -0.489 e. The number of likely N-dealkylation sites (tertiary alicyclic amines) is 1. The van der Waals surface area contributed by atoms with Crippen LogP contribution in [-0.2, 0) is 0 Å². The van der Waals surface area contributed by atoms with Gasteiger partial charge in [-0.05, 0) is 49.7 Å². The standard InChI is InChI=1S/C23H23ClFNO2/c24-19-16-28-23(22(19)17-7-3-1-4-8-17)18-9-10-21(20(25)15-18)27-14-13-26-11-5-2-6-12-26/h1,3-4,7-10,15-16H,2,5-6,11-14H2. The van der Waals surface area contributed by atoms with Crippen molar-refractivity contribution in [3.8, 4) is 28.2 Å². The highest BCUT2D eigenvalue weighted by molar-refractivity contribution is 6.34. The lowest BCUT2D eigenvalue weighted by atomic mass is 10.0. The number of nitrogens with zero attached hydrogens (tertiary/aromatic N) is 1. The second kappa shape index (κ2) is 8.80. The van der Waals surface area contributed by atoms with Gasteiger partial charge in [0.05, 0.1) is 5.02 Å². The van der Waals surface area contributed by atoms with Gasteiger partial charge in [0, 0.05) is 17.7 Å². The molecule has 28 heavy (non-hydrogen) atoms. The number of furan rings is 1. The van der Waals surface area contributed by atoms with E-state index in [0.29, 0.717) is 23.0 Å². The Kier molecular flexibility index (Phi) is 5.98. The summed E-state index contributed by atoms with van der Waals surface area (Å²) in [6.45, 7) is 3.52. The lowest BCUT2D eigenvalue weighted by Crippen LogP contribution is -2.33. The maximum Gasteiger partial charge on any atom is 0.165 e. The highest BCUT2D eigenvalue weighted by atomic mass is 35.5. The summed E-state index contributed by atoms with van der Waals surface area (Å²) in [5.41, 5.74) is 2.32. The Hall–Kier alpha value is -2.30.